The first-order chi connectivity index (χ1) is 9.92. The van der Waals surface area contributed by atoms with Crippen LogP contribution in [0.2, 0.25) is 0 Å². The second-order valence-corrected chi connectivity index (χ2v) is 7.01. The summed E-state index contributed by atoms with van der Waals surface area (Å²) in [4.78, 5) is 25.5. The number of halogens is 2. The molecule has 2 rings (SSSR count). The Bertz CT molecular complexity index is 478. The molecule has 1 amide bonds. The molecule has 0 radical (unpaired) electrons. The first-order valence-corrected chi connectivity index (χ1v) is 7.26. The van der Waals surface area contributed by atoms with E-state index < -0.39 is 48.1 Å². The standard InChI is InChI=1S/C14H22F2N2O4/c1-8(11(19)22-13(2,3)4)17-5-9-10(6-17)18(12(20)21)7-14(9,15)16/h8-10H,5-7H2,1-4H3,(H,20,21). The maximum Gasteiger partial charge on any atom is 0.407 e. The minimum atomic E-state index is -3.06. The molecule has 2 saturated heterocycles. The topological polar surface area (TPSA) is 70.1 Å². The van der Waals surface area contributed by atoms with Gasteiger partial charge in [-0.25, -0.2) is 13.6 Å². The smallest absolute Gasteiger partial charge is 0.407 e. The first kappa shape index (κ1) is 16.9. The molecule has 2 fully saturated rings. The Kier molecular flexibility index (Phi) is 4.10. The molecule has 6 nitrogen and oxygen atoms in total. The van der Waals surface area contributed by atoms with Gasteiger partial charge >= 0.3 is 12.1 Å². The van der Waals surface area contributed by atoms with E-state index in [9.17, 15) is 18.4 Å². The Labute approximate surface area is 128 Å². The van der Waals surface area contributed by atoms with Crippen molar-refractivity contribution in [3.05, 3.63) is 0 Å². The van der Waals surface area contributed by atoms with E-state index in [2.05, 4.69) is 0 Å². The van der Waals surface area contributed by atoms with Gasteiger partial charge in [-0.1, -0.05) is 0 Å². The largest absolute Gasteiger partial charge is 0.465 e. The van der Waals surface area contributed by atoms with Gasteiger partial charge in [0.2, 0.25) is 0 Å². The highest BCUT2D eigenvalue weighted by molar-refractivity contribution is 5.76. The Balaban J connectivity index is 2.08. The van der Waals surface area contributed by atoms with E-state index in [1.54, 1.807) is 32.6 Å². The molecule has 2 aliphatic rings. The third-order valence-corrected chi connectivity index (χ3v) is 4.18. The highest BCUT2D eigenvalue weighted by atomic mass is 19.3. The minimum Gasteiger partial charge on any atom is -0.465 e. The number of amides is 1. The van der Waals surface area contributed by atoms with Gasteiger partial charge in [-0.2, -0.15) is 0 Å². The fourth-order valence-electron chi connectivity index (χ4n) is 3.07. The van der Waals surface area contributed by atoms with Gasteiger partial charge in [-0.05, 0) is 27.7 Å². The second-order valence-electron chi connectivity index (χ2n) is 7.01. The molecule has 0 aromatic rings. The molecule has 8 heteroatoms. The lowest BCUT2D eigenvalue weighted by Gasteiger charge is -2.29. The highest BCUT2D eigenvalue weighted by Crippen LogP contribution is 2.42. The summed E-state index contributed by atoms with van der Waals surface area (Å²) in [5.74, 6) is -4.63. The zero-order valence-electron chi connectivity index (χ0n) is 13.2. The first-order valence-electron chi connectivity index (χ1n) is 7.26. The molecule has 0 saturated carbocycles. The molecule has 0 bridgehead atoms. The number of likely N-dealkylation sites (tertiary alicyclic amines) is 2. The van der Waals surface area contributed by atoms with E-state index in [0.717, 1.165) is 4.90 Å². The van der Waals surface area contributed by atoms with E-state index >= 15 is 0 Å². The second kappa shape index (κ2) is 5.33. The van der Waals surface area contributed by atoms with Crippen molar-refractivity contribution in [3.63, 3.8) is 0 Å². The van der Waals surface area contributed by atoms with Crippen LogP contribution in [0.15, 0.2) is 0 Å². The van der Waals surface area contributed by atoms with Crippen molar-refractivity contribution in [2.45, 2.75) is 51.3 Å². The summed E-state index contributed by atoms with van der Waals surface area (Å²) in [6.45, 7) is 6.13. The summed E-state index contributed by atoms with van der Waals surface area (Å²) in [5, 5.41) is 9.06. The average Bonchev–Trinajstić information content (AvgIpc) is 2.86. The van der Waals surface area contributed by atoms with Crippen molar-refractivity contribution in [3.8, 4) is 0 Å². The fourth-order valence-corrected chi connectivity index (χ4v) is 3.07. The number of carboxylic acid groups (broad SMARTS) is 1. The van der Waals surface area contributed by atoms with E-state index in [0.29, 0.717) is 0 Å². The molecule has 0 spiro atoms. The summed E-state index contributed by atoms with van der Waals surface area (Å²) >= 11 is 0. The maximum absolute atomic E-state index is 14.0. The van der Waals surface area contributed by atoms with Crippen LogP contribution in [0.3, 0.4) is 0 Å². The Hall–Kier alpha value is -1.44. The maximum atomic E-state index is 14.0. The van der Waals surface area contributed by atoms with Crippen LogP contribution in [-0.2, 0) is 9.53 Å². The average molecular weight is 320 g/mol. The van der Waals surface area contributed by atoms with Gasteiger partial charge in [0.25, 0.3) is 5.92 Å². The Morgan fingerprint density at radius 2 is 1.91 bits per heavy atom. The van der Waals surface area contributed by atoms with Crippen LogP contribution in [0.1, 0.15) is 27.7 Å². The number of hydrogen-bond acceptors (Lipinski definition) is 4. The van der Waals surface area contributed by atoms with Crippen LogP contribution in [-0.4, -0.2) is 70.2 Å². The molecule has 3 unspecified atom stereocenters. The van der Waals surface area contributed by atoms with Crippen LogP contribution in [0.5, 0.6) is 0 Å². The molecule has 0 aliphatic carbocycles. The van der Waals surface area contributed by atoms with Gasteiger partial charge in [0.1, 0.15) is 11.6 Å². The van der Waals surface area contributed by atoms with Crippen LogP contribution >= 0.6 is 0 Å². The van der Waals surface area contributed by atoms with Crippen molar-refractivity contribution >= 4 is 12.1 Å². The zero-order chi connectivity index (χ0) is 16.9. The number of hydrogen-bond donors (Lipinski definition) is 1. The summed E-state index contributed by atoms with van der Waals surface area (Å²) < 4.78 is 33.2. The van der Waals surface area contributed by atoms with Crippen molar-refractivity contribution < 1.29 is 28.2 Å². The number of carbonyl (C=O) groups is 2. The number of alkyl halides is 2. The number of nitrogens with zero attached hydrogens (tertiary/aromatic N) is 2. The minimum absolute atomic E-state index is 0.0120. The van der Waals surface area contributed by atoms with E-state index in [-0.39, 0.29) is 13.1 Å². The van der Waals surface area contributed by atoms with Gasteiger partial charge < -0.3 is 9.84 Å². The lowest BCUT2D eigenvalue weighted by atomic mass is 10.0. The third kappa shape index (κ3) is 3.16. The number of rotatable bonds is 2. The summed E-state index contributed by atoms with van der Waals surface area (Å²) in [5.41, 5.74) is -0.655. The fraction of sp³-hybridized carbons (Fsp3) is 0.857. The SMILES string of the molecule is CC(C(=O)OC(C)(C)C)N1CC2C(C1)C(F)(F)CN2C(=O)O. The monoisotopic (exact) mass is 320 g/mol. The molecule has 1 N–H and O–H groups in total. The van der Waals surface area contributed by atoms with Crippen LogP contribution < -0.4 is 0 Å². The van der Waals surface area contributed by atoms with E-state index in [1.165, 1.54) is 0 Å². The number of esters is 1. The van der Waals surface area contributed by atoms with Crippen molar-refractivity contribution in [2.75, 3.05) is 19.6 Å². The Morgan fingerprint density at radius 1 is 1.32 bits per heavy atom. The number of fused-ring (bicyclic) bond motifs is 1. The molecule has 3 atom stereocenters. The van der Waals surface area contributed by atoms with E-state index in [4.69, 9.17) is 9.84 Å². The van der Waals surface area contributed by atoms with Gasteiger partial charge in [-0.15, -0.1) is 0 Å². The van der Waals surface area contributed by atoms with Gasteiger partial charge in [0.05, 0.1) is 18.5 Å². The summed E-state index contributed by atoms with van der Waals surface area (Å²) in [7, 11) is 0. The van der Waals surface area contributed by atoms with E-state index in [1.807, 2.05) is 0 Å². The molecular formula is C14H22F2N2O4. The molecule has 0 aromatic heterocycles. The Morgan fingerprint density at radius 3 is 2.41 bits per heavy atom. The van der Waals surface area contributed by atoms with Crippen molar-refractivity contribution in [2.24, 2.45) is 5.92 Å². The lowest BCUT2D eigenvalue weighted by Crippen LogP contribution is -2.45. The number of carbonyl (C=O) groups excluding carboxylic acids is 1. The van der Waals surface area contributed by atoms with Crippen molar-refractivity contribution in [1.82, 2.24) is 9.80 Å². The van der Waals surface area contributed by atoms with Gasteiger partial charge in [0.15, 0.2) is 0 Å². The molecule has 2 aliphatic heterocycles. The molecule has 2 heterocycles. The number of ether oxygens (including phenoxy) is 1. The van der Waals surface area contributed by atoms with Crippen LogP contribution in [0, 0.1) is 5.92 Å². The summed E-state index contributed by atoms with van der Waals surface area (Å²) in [6.07, 6.45) is -1.35. The van der Waals surface area contributed by atoms with Crippen LogP contribution in [0.25, 0.3) is 0 Å². The lowest BCUT2D eigenvalue weighted by molar-refractivity contribution is -0.160. The van der Waals surface area contributed by atoms with Gasteiger partial charge in [0, 0.05) is 13.1 Å². The predicted octanol–water partition coefficient (Wildman–Crippen LogP) is 1.65. The molecule has 126 valence electrons. The quantitative estimate of drug-likeness (QED) is 0.783. The zero-order valence-corrected chi connectivity index (χ0v) is 13.2. The third-order valence-electron chi connectivity index (χ3n) is 4.18. The predicted molar refractivity (Wildman–Crippen MR) is 73.8 cm³/mol. The molecule has 0 aromatic carbocycles. The molecule has 22 heavy (non-hydrogen) atoms. The summed E-state index contributed by atoms with van der Waals surface area (Å²) in [6, 6.07) is -1.46. The van der Waals surface area contributed by atoms with Gasteiger partial charge in [-0.3, -0.25) is 14.6 Å². The van der Waals surface area contributed by atoms with Crippen LogP contribution in [0.4, 0.5) is 13.6 Å². The highest BCUT2D eigenvalue weighted by Gasteiger charge is 2.60. The van der Waals surface area contributed by atoms with Crippen molar-refractivity contribution in [1.29, 1.82) is 0 Å². The molecular weight excluding hydrogens is 298 g/mol. The normalized spacial score (nSPS) is 29.3.